The second-order valence-corrected chi connectivity index (χ2v) is 7.13. The number of hydrogen-bond donors (Lipinski definition) is 6. The lowest BCUT2D eigenvalue weighted by molar-refractivity contribution is -0.133. The number of nitrogens with one attached hydrogen (secondary N) is 1. The van der Waals surface area contributed by atoms with E-state index >= 15 is 0 Å². The van der Waals surface area contributed by atoms with Crippen LogP contribution in [-0.2, 0) is 0 Å². The molecule has 0 saturated carbocycles. The molecule has 0 fully saturated rings. The third kappa shape index (κ3) is 11.9. The first-order valence-corrected chi connectivity index (χ1v) is 10.0. The Morgan fingerprint density at radius 1 is 0.600 bits per heavy atom. The fourth-order valence-corrected chi connectivity index (χ4v) is 3.00. The molecule has 5 atom stereocenters. The van der Waals surface area contributed by atoms with E-state index < -0.39 is 30.5 Å². The molecule has 0 aliphatic heterocycles. The van der Waals surface area contributed by atoms with E-state index in [-0.39, 0.29) is 6.54 Å². The summed E-state index contributed by atoms with van der Waals surface area (Å²) in [5, 5.41) is 51.8. The molecule has 0 radical (unpaired) electrons. The highest BCUT2D eigenvalue weighted by molar-refractivity contribution is 4.85. The summed E-state index contributed by atoms with van der Waals surface area (Å²) < 4.78 is 0. The van der Waals surface area contributed by atoms with Crippen molar-refractivity contribution in [1.29, 1.82) is 0 Å². The van der Waals surface area contributed by atoms with Crippen LogP contribution in [0, 0.1) is 0 Å². The zero-order valence-corrected chi connectivity index (χ0v) is 16.1. The number of hydrogen-bond acceptors (Lipinski definition) is 6. The summed E-state index contributed by atoms with van der Waals surface area (Å²) in [6, 6.07) is 0. The van der Waals surface area contributed by atoms with E-state index in [9.17, 15) is 25.5 Å². The molecule has 0 saturated heterocycles. The Hall–Kier alpha value is -0.240. The van der Waals surface area contributed by atoms with E-state index in [0.29, 0.717) is 6.42 Å². The maximum Gasteiger partial charge on any atom is 0.111 e. The van der Waals surface area contributed by atoms with Gasteiger partial charge in [-0.3, -0.25) is 0 Å². The average Bonchev–Trinajstić information content (AvgIpc) is 2.61. The van der Waals surface area contributed by atoms with Crippen LogP contribution in [0.2, 0.25) is 0 Å². The maximum atomic E-state index is 9.95. The summed E-state index contributed by atoms with van der Waals surface area (Å²) in [5.74, 6) is 0. The van der Waals surface area contributed by atoms with Gasteiger partial charge >= 0.3 is 0 Å². The van der Waals surface area contributed by atoms with Crippen molar-refractivity contribution in [2.24, 2.45) is 0 Å². The van der Waals surface area contributed by atoms with Crippen LogP contribution in [-0.4, -0.2) is 69.6 Å². The predicted molar refractivity (Wildman–Crippen MR) is 100 cm³/mol. The first kappa shape index (κ1) is 24.8. The molecule has 0 aromatic heterocycles. The van der Waals surface area contributed by atoms with Gasteiger partial charge in [-0.05, 0) is 13.5 Å². The van der Waals surface area contributed by atoms with Gasteiger partial charge in [0.05, 0.1) is 12.2 Å². The highest BCUT2D eigenvalue weighted by Gasteiger charge is 2.33. The van der Waals surface area contributed by atoms with Crippen molar-refractivity contribution in [1.82, 2.24) is 5.32 Å². The Kier molecular flexibility index (Phi) is 15.8. The van der Waals surface area contributed by atoms with E-state index in [2.05, 4.69) is 12.2 Å². The van der Waals surface area contributed by atoms with Crippen LogP contribution < -0.4 is 5.32 Å². The molecule has 0 bridgehead atoms. The maximum absolute atomic E-state index is 9.95. The normalized spacial score (nSPS) is 17.9. The van der Waals surface area contributed by atoms with Crippen molar-refractivity contribution in [3.8, 4) is 0 Å². The lowest BCUT2D eigenvalue weighted by atomic mass is 9.96. The molecule has 0 aliphatic rings. The van der Waals surface area contributed by atoms with E-state index in [1.807, 2.05) is 0 Å². The Morgan fingerprint density at radius 2 is 1.04 bits per heavy atom. The standard InChI is InChI=1S/C19H41NO5/c1-3-4-5-6-7-8-9-10-11-12-13-15(21)17(23)19(25)18(24)16(22)14-20-2/h15-25H,3-14H2,1-2H3. The largest absolute Gasteiger partial charge is 0.390 e. The summed E-state index contributed by atoms with van der Waals surface area (Å²) in [4.78, 5) is 0. The Balaban J connectivity index is 3.74. The van der Waals surface area contributed by atoms with Crippen LogP contribution in [0.15, 0.2) is 0 Å². The fourth-order valence-electron chi connectivity index (χ4n) is 3.00. The van der Waals surface area contributed by atoms with Gasteiger partial charge in [0.2, 0.25) is 0 Å². The molecule has 0 aromatic carbocycles. The molecular formula is C19H41NO5. The molecule has 0 aliphatic carbocycles. The van der Waals surface area contributed by atoms with E-state index in [1.54, 1.807) is 7.05 Å². The van der Waals surface area contributed by atoms with Crippen molar-refractivity contribution in [2.45, 2.75) is 108 Å². The SMILES string of the molecule is CCCCCCCCCCCCC(O)C(O)C(O)C(O)C(O)CNC. The van der Waals surface area contributed by atoms with Gasteiger partial charge in [0.25, 0.3) is 0 Å². The summed E-state index contributed by atoms with van der Waals surface area (Å²) in [5.41, 5.74) is 0. The summed E-state index contributed by atoms with van der Waals surface area (Å²) in [7, 11) is 1.61. The first-order chi connectivity index (χ1) is 12.0. The number of rotatable bonds is 17. The second kappa shape index (κ2) is 16.0. The molecule has 0 amide bonds. The Bertz CT molecular complexity index is 293. The average molecular weight is 364 g/mol. The topological polar surface area (TPSA) is 113 Å². The van der Waals surface area contributed by atoms with Gasteiger partial charge in [0.1, 0.15) is 18.3 Å². The number of likely N-dealkylation sites (N-methyl/N-ethyl adjacent to an activating group) is 1. The minimum absolute atomic E-state index is 0.0967. The summed E-state index contributed by atoms with van der Waals surface area (Å²) in [6.07, 6.45) is 5.43. The lowest BCUT2D eigenvalue weighted by Crippen LogP contribution is -2.51. The van der Waals surface area contributed by atoms with Crippen LogP contribution in [0.3, 0.4) is 0 Å². The number of unbranched alkanes of at least 4 members (excludes halogenated alkanes) is 9. The van der Waals surface area contributed by atoms with Gasteiger partial charge in [0.15, 0.2) is 0 Å². The van der Waals surface area contributed by atoms with Crippen LogP contribution in [0.1, 0.15) is 77.6 Å². The van der Waals surface area contributed by atoms with Crippen LogP contribution >= 0.6 is 0 Å². The molecular weight excluding hydrogens is 322 g/mol. The number of aliphatic hydroxyl groups excluding tert-OH is 5. The summed E-state index contributed by atoms with van der Waals surface area (Å²) in [6.45, 7) is 2.31. The van der Waals surface area contributed by atoms with Gasteiger partial charge in [-0.1, -0.05) is 71.1 Å². The second-order valence-electron chi connectivity index (χ2n) is 7.13. The smallest absolute Gasteiger partial charge is 0.111 e. The molecule has 0 spiro atoms. The number of aliphatic hydroxyl groups is 5. The summed E-state index contributed by atoms with van der Waals surface area (Å²) >= 11 is 0. The van der Waals surface area contributed by atoms with Gasteiger partial charge in [-0.25, -0.2) is 0 Å². The van der Waals surface area contributed by atoms with Crippen molar-refractivity contribution in [3.05, 3.63) is 0 Å². The fraction of sp³-hybridized carbons (Fsp3) is 1.00. The molecule has 152 valence electrons. The molecule has 6 nitrogen and oxygen atoms in total. The first-order valence-electron chi connectivity index (χ1n) is 10.0. The quantitative estimate of drug-likeness (QED) is 0.217. The molecule has 0 aromatic rings. The van der Waals surface area contributed by atoms with E-state index in [1.165, 1.54) is 44.9 Å². The molecule has 5 unspecified atom stereocenters. The van der Waals surface area contributed by atoms with Crippen molar-refractivity contribution >= 4 is 0 Å². The Labute approximate surface area is 153 Å². The van der Waals surface area contributed by atoms with Crippen molar-refractivity contribution < 1.29 is 25.5 Å². The van der Waals surface area contributed by atoms with Crippen molar-refractivity contribution in [3.63, 3.8) is 0 Å². The minimum atomic E-state index is -1.57. The molecule has 0 rings (SSSR count). The predicted octanol–water partition coefficient (Wildman–Crippen LogP) is 1.32. The molecule has 6 N–H and O–H groups in total. The van der Waals surface area contributed by atoms with Crippen LogP contribution in [0.4, 0.5) is 0 Å². The van der Waals surface area contributed by atoms with Gasteiger partial charge < -0.3 is 30.8 Å². The third-order valence-electron chi connectivity index (χ3n) is 4.75. The van der Waals surface area contributed by atoms with Gasteiger partial charge in [-0.2, -0.15) is 0 Å². The van der Waals surface area contributed by atoms with Crippen LogP contribution in [0.25, 0.3) is 0 Å². The Morgan fingerprint density at radius 3 is 1.52 bits per heavy atom. The zero-order chi connectivity index (χ0) is 19.1. The lowest BCUT2D eigenvalue weighted by Gasteiger charge is -2.29. The molecule has 6 heteroatoms. The monoisotopic (exact) mass is 363 g/mol. The van der Waals surface area contributed by atoms with E-state index in [0.717, 1.165) is 19.3 Å². The van der Waals surface area contributed by atoms with Gasteiger partial charge in [0, 0.05) is 6.54 Å². The van der Waals surface area contributed by atoms with Gasteiger partial charge in [-0.15, -0.1) is 0 Å². The van der Waals surface area contributed by atoms with E-state index in [4.69, 9.17) is 0 Å². The third-order valence-corrected chi connectivity index (χ3v) is 4.75. The highest BCUT2D eigenvalue weighted by Crippen LogP contribution is 2.15. The zero-order valence-electron chi connectivity index (χ0n) is 16.1. The highest BCUT2D eigenvalue weighted by atomic mass is 16.4. The minimum Gasteiger partial charge on any atom is -0.390 e. The molecule has 0 heterocycles. The van der Waals surface area contributed by atoms with Crippen LogP contribution in [0.5, 0.6) is 0 Å². The van der Waals surface area contributed by atoms with Crippen molar-refractivity contribution in [2.75, 3.05) is 13.6 Å². The molecule has 25 heavy (non-hydrogen) atoms.